The number of ether oxygens (including phenoxy) is 1. The Balaban J connectivity index is 1.65. The molecule has 1 atom stereocenters. The Morgan fingerprint density at radius 1 is 0.927 bits per heavy atom. The summed E-state index contributed by atoms with van der Waals surface area (Å²) in [5.41, 5.74) is 2.51. The van der Waals surface area contributed by atoms with Gasteiger partial charge >= 0.3 is 13.9 Å². The number of rotatable bonds is 8. The number of carbonyl (C=O) groups is 1. The molecule has 1 aliphatic rings. The maximum atomic E-state index is 14.5. The highest BCUT2D eigenvalue weighted by atomic mass is 127. The molecular formula is C31H36FINO6P. The Bertz CT molecular complexity index is 1380. The van der Waals surface area contributed by atoms with Crippen LogP contribution in [0.2, 0.25) is 0 Å². The molecule has 220 valence electrons. The highest BCUT2D eigenvalue weighted by molar-refractivity contribution is 14.1. The third-order valence-electron chi connectivity index (χ3n) is 6.18. The van der Waals surface area contributed by atoms with E-state index in [1.807, 2.05) is 71.1 Å². The van der Waals surface area contributed by atoms with Gasteiger partial charge in [-0.05, 0) is 99.0 Å². The number of carbonyl (C=O) groups excluding carboxylic acids is 1. The van der Waals surface area contributed by atoms with Crippen molar-refractivity contribution in [2.24, 2.45) is 0 Å². The van der Waals surface area contributed by atoms with E-state index in [9.17, 15) is 13.8 Å². The fourth-order valence-corrected chi connectivity index (χ4v) is 7.12. The minimum atomic E-state index is -4.12. The lowest BCUT2D eigenvalue weighted by Gasteiger charge is -2.34. The van der Waals surface area contributed by atoms with E-state index >= 15 is 0 Å². The summed E-state index contributed by atoms with van der Waals surface area (Å²) >= 11 is 2.01. The molecule has 0 N–H and O–H groups in total. The zero-order chi connectivity index (χ0) is 30.2. The summed E-state index contributed by atoms with van der Waals surface area (Å²) in [5.74, 6) is -0.475. The van der Waals surface area contributed by atoms with Crippen molar-refractivity contribution in [2.45, 2.75) is 64.9 Å². The molecule has 0 bridgehead atoms. The van der Waals surface area contributed by atoms with Crippen LogP contribution in [0.15, 0.2) is 66.7 Å². The first-order valence-electron chi connectivity index (χ1n) is 13.3. The van der Waals surface area contributed by atoms with E-state index in [2.05, 4.69) is 0 Å². The maximum Gasteiger partial charge on any atom is 0.475 e. The highest BCUT2D eigenvalue weighted by Crippen LogP contribution is 2.56. The van der Waals surface area contributed by atoms with Crippen molar-refractivity contribution in [3.8, 4) is 11.1 Å². The van der Waals surface area contributed by atoms with Gasteiger partial charge in [0.2, 0.25) is 0 Å². The third kappa shape index (κ3) is 7.96. The van der Waals surface area contributed by atoms with Crippen molar-refractivity contribution in [2.75, 3.05) is 13.7 Å². The molecule has 0 unspecified atom stereocenters. The number of amides is 1. The molecule has 0 aromatic heterocycles. The van der Waals surface area contributed by atoms with Gasteiger partial charge in [0.25, 0.3) is 0 Å². The molecule has 1 amide bonds. The molecule has 41 heavy (non-hydrogen) atoms. The largest absolute Gasteiger partial charge is 0.475 e. The van der Waals surface area contributed by atoms with Crippen LogP contribution in [-0.4, -0.2) is 35.8 Å². The van der Waals surface area contributed by atoms with Crippen molar-refractivity contribution in [1.29, 1.82) is 0 Å². The van der Waals surface area contributed by atoms with Gasteiger partial charge < -0.3 is 9.64 Å². The van der Waals surface area contributed by atoms with E-state index in [0.717, 1.165) is 22.3 Å². The van der Waals surface area contributed by atoms with Gasteiger partial charge in [-0.1, -0.05) is 48.5 Å². The van der Waals surface area contributed by atoms with Gasteiger partial charge in [0.05, 0.1) is 23.9 Å². The Labute approximate surface area is 255 Å². The average molecular weight is 696 g/mol. The summed E-state index contributed by atoms with van der Waals surface area (Å²) in [6, 6.07) is 19.1. The molecule has 7 nitrogen and oxygen atoms in total. The second-order valence-corrected chi connectivity index (χ2v) is 14.7. The molecule has 10 heteroatoms. The van der Waals surface area contributed by atoms with Gasteiger partial charge in [0, 0.05) is 21.7 Å². The van der Waals surface area contributed by atoms with Gasteiger partial charge in [-0.3, -0.25) is 13.6 Å². The van der Waals surface area contributed by atoms with Gasteiger partial charge in [0.15, 0.2) is 6.10 Å². The summed E-state index contributed by atoms with van der Waals surface area (Å²) in [7, 11) is -2.58. The molecule has 0 saturated heterocycles. The van der Waals surface area contributed by atoms with E-state index < -0.39 is 43.1 Å². The molecule has 0 fully saturated rings. The molecular weight excluding hydrogens is 659 g/mol. The number of benzene rings is 3. The second-order valence-electron chi connectivity index (χ2n) is 11.9. The smallest absolute Gasteiger partial charge is 0.436 e. The normalized spacial score (nSPS) is 14.4. The van der Waals surface area contributed by atoms with E-state index in [1.54, 1.807) is 54.7 Å². The number of fused-ring (bicyclic) bond motifs is 3. The van der Waals surface area contributed by atoms with Crippen molar-refractivity contribution in [1.82, 2.24) is 4.90 Å². The lowest BCUT2D eigenvalue weighted by Crippen LogP contribution is -2.35. The molecule has 4 rings (SSSR count). The summed E-state index contributed by atoms with van der Waals surface area (Å²) in [4.78, 5) is 15.0. The van der Waals surface area contributed by atoms with Crippen molar-refractivity contribution in [3.63, 3.8) is 0 Å². The van der Waals surface area contributed by atoms with Crippen LogP contribution in [0, 0.1) is 9.39 Å². The van der Waals surface area contributed by atoms with Crippen molar-refractivity contribution in [3.05, 3.63) is 92.8 Å². The maximum absolute atomic E-state index is 14.5. The molecule has 1 aliphatic carbocycles. The number of hydrogen-bond acceptors (Lipinski definition) is 6. The number of likely N-dealkylation sites (N-methyl/N-ethyl adjacent to an activating group) is 1. The predicted molar refractivity (Wildman–Crippen MR) is 165 cm³/mol. The fourth-order valence-electron chi connectivity index (χ4n) is 4.65. The van der Waals surface area contributed by atoms with Crippen LogP contribution in [0.3, 0.4) is 0 Å². The molecule has 0 radical (unpaired) electrons. The quantitative estimate of drug-likeness (QED) is 0.173. The minimum absolute atomic E-state index is 0.299. The topological polar surface area (TPSA) is 74.3 Å². The van der Waals surface area contributed by atoms with Crippen LogP contribution < -0.4 is 0 Å². The lowest BCUT2D eigenvalue weighted by molar-refractivity contribution is -0.00564. The summed E-state index contributed by atoms with van der Waals surface area (Å²) < 4.78 is 52.4. The SMILES string of the molecule is CN(C(=O)OC1c2ccccc2-c2ccccc21)[C@H](COP(=O)(OC(C)(C)C)OC(C)(C)C)c1cc(F)cc(I)c1. The lowest BCUT2D eigenvalue weighted by atomic mass is 10.1. The summed E-state index contributed by atoms with van der Waals surface area (Å²) in [5, 5.41) is 0. The first kappa shape index (κ1) is 31.6. The van der Waals surface area contributed by atoms with E-state index in [-0.39, 0.29) is 6.61 Å². The molecule has 3 aromatic carbocycles. The number of phosphoric ester groups is 1. The molecule has 0 aliphatic heterocycles. The van der Waals surface area contributed by atoms with Gasteiger partial charge in [-0.2, -0.15) is 0 Å². The van der Waals surface area contributed by atoms with Crippen LogP contribution in [-0.2, 0) is 22.9 Å². The molecule has 0 saturated carbocycles. The van der Waals surface area contributed by atoms with E-state index in [0.29, 0.717) is 9.13 Å². The first-order chi connectivity index (χ1) is 19.1. The monoisotopic (exact) mass is 695 g/mol. The van der Waals surface area contributed by atoms with Gasteiger partial charge in [0.1, 0.15) is 5.82 Å². The van der Waals surface area contributed by atoms with Crippen LogP contribution in [0.25, 0.3) is 11.1 Å². The molecule has 3 aromatic rings. The second kappa shape index (κ2) is 12.1. The standard InChI is InChI=1S/C31H36FINO6P/c1-30(2,3)39-41(36,40-31(4,5)6)37-19-27(20-16-21(32)18-22(33)17-20)34(7)29(35)38-28-25-14-10-8-12-23(25)24-13-9-11-15-26(24)28/h8-18,27-28H,19H2,1-7H3/t27-/m1/s1. The average Bonchev–Trinajstić information content (AvgIpc) is 3.15. The summed E-state index contributed by atoms with van der Waals surface area (Å²) in [6.45, 7) is 10.1. The highest BCUT2D eigenvalue weighted by Gasteiger charge is 2.39. The third-order valence-corrected chi connectivity index (χ3v) is 8.81. The van der Waals surface area contributed by atoms with Crippen LogP contribution in [0.4, 0.5) is 9.18 Å². The van der Waals surface area contributed by atoms with Crippen molar-refractivity contribution >= 4 is 36.5 Å². The Hall–Kier alpha value is -2.30. The number of halogens is 2. The van der Waals surface area contributed by atoms with Crippen LogP contribution >= 0.6 is 30.4 Å². The predicted octanol–water partition coefficient (Wildman–Crippen LogP) is 9.06. The number of hydrogen-bond donors (Lipinski definition) is 0. The van der Waals surface area contributed by atoms with Crippen LogP contribution in [0.1, 0.15) is 70.4 Å². The molecule has 0 heterocycles. The fraction of sp³-hybridized carbons (Fsp3) is 0.387. The Morgan fingerprint density at radius 3 is 1.93 bits per heavy atom. The van der Waals surface area contributed by atoms with E-state index in [4.69, 9.17) is 18.3 Å². The van der Waals surface area contributed by atoms with Crippen LogP contribution in [0.5, 0.6) is 0 Å². The van der Waals surface area contributed by atoms with E-state index in [1.165, 1.54) is 17.0 Å². The zero-order valence-corrected chi connectivity index (χ0v) is 27.4. The summed E-state index contributed by atoms with van der Waals surface area (Å²) in [6.07, 6.45) is -1.27. The van der Waals surface area contributed by atoms with Gasteiger partial charge in [-0.15, -0.1) is 0 Å². The number of phosphoric acid groups is 1. The first-order valence-corrected chi connectivity index (χ1v) is 15.8. The number of nitrogens with zero attached hydrogens (tertiary/aromatic N) is 1. The zero-order valence-electron chi connectivity index (χ0n) is 24.3. The van der Waals surface area contributed by atoms with Gasteiger partial charge in [-0.25, -0.2) is 13.8 Å². The minimum Gasteiger partial charge on any atom is -0.436 e. The molecule has 0 spiro atoms. The Morgan fingerprint density at radius 2 is 1.44 bits per heavy atom. The van der Waals surface area contributed by atoms with Crippen molar-refractivity contribution < 1.29 is 32.1 Å². The Kier molecular flexibility index (Phi) is 9.36.